The van der Waals surface area contributed by atoms with Crippen LogP contribution in [-0.2, 0) is 0 Å². The Labute approximate surface area is 120 Å². The first-order valence-corrected chi connectivity index (χ1v) is 6.50. The molecule has 5 heteroatoms. The fourth-order valence-corrected chi connectivity index (χ4v) is 2.11. The minimum atomic E-state index is -0.311. The van der Waals surface area contributed by atoms with Gasteiger partial charge in [0, 0.05) is 22.3 Å². The minimum absolute atomic E-state index is 0.311. The highest BCUT2D eigenvalue weighted by atomic mass is 35.5. The van der Waals surface area contributed by atoms with E-state index >= 15 is 0 Å². The average molecular weight is 286 g/mol. The maximum atomic E-state index is 11.9. The van der Waals surface area contributed by atoms with Gasteiger partial charge in [-0.05, 0) is 36.4 Å². The fourth-order valence-electron chi connectivity index (χ4n) is 1.98. The number of para-hydroxylation sites is 1. The van der Waals surface area contributed by atoms with Crippen molar-refractivity contribution >= 4 is 34.2 Å². The normalized spacial score (nSPS) is 10.4. The maximum absolute atomic E-state index is 11.9. The zero-order valence-corrected chi connectivity index (χ0v) is 11.3. The molecule has 0 aliphatic heterocycles. The quantitative estimate of drug-likeness (QED) is 0.732. The topological polar surface area (TPSA) is 46.1 Å². The third kappa shape index (κ3) is 2.60. The van der Waals surface area contributed by atoms with Crippen molar-refractivity contribution in [3.63, 3.8) is 0 Å². The van der Waals surface area contributed by atoms with Crippen molar-refractivity contribution in [2.45, 2.75) is 0 Å². The third-order valence-electron chi connectivity index (χ3n) is 2.92. The summed E-state index contributed by atoms with van der Waals surface area (Å²) in [5.74, 6) is 0. The van der Waals surface area contributed by atoms with Crippen LogP contribution in [-0.4, -0.2) is 10.7 Å². The number of carbonyl (C=O) groups is 1. The van der Waals surface area contributed by atoms with E-state index in [-0.39, 0.29) is 6.03 Å². The summed E-state index contributed by atoms with van der Waals surface area (Å²) >= 11 is 5.80. The van der Waals surface area contributed by atoms with Crippen LogP contribution in [0, 0.1) is 0 Å². The largest absolute Gasteiger partial charge is 0.338 e. The smallest absolute Gasteiger partial charge is 0.307 e. The van der Waals surface area contributed by atoms with Crippen molar-refractivity contribution in [2.75, 3.05) is 10.7 Å². The van der Waals surface area contributed by atoms with E-state index in [1.807, 2.05) is 36.5 Å². The number of hydrogen-bond donors (Lipinski definition) is 2. The van der Waals surface area contributed by atoms with E-state index in [4.69, 9.17) is 11.6 Å². The van der Waals surface area contributed by atoms with Crippen molar-refractivity contribution in [1.82, 2.24) is 4.68 Å². The Kier molecular flexibility index (Phi) is 3.31. The SMILES string of the molecule is O=C(Nc1ccc(Cl)cc1)Nn1ccc2ccccc21. The van der Waals surface area contributed by atoms with Gasteiger partial charge in [0.05, 0.1) is 5.52 Å². The summed E-state index contributed by atoms with van der Waals surface area (Å²) in [7, 11) is 0. The lowest BCUT2D eigenvalue weighted by molar-refractivity contribution is 0.260. The highest BCUT2D eigenvalue weighted by Gasteiger charge is 2.04. The average Bonchev–Trinajstić information content (AvgIpc) is 2.85. The Hall–Kier alpha value is -2.46. The van der Waals surface area contributed by atoms with E-state index in [9.17, 15) is 4.79 Å². The number of benzene rings is 2. The number of hydrogen-bond acceptors (Lipinski definition) is 1. The molecular weight excluding hydrogens is 274 g/mol. The molecule has 0 bridgehead atoms. The Morgan fingerprint density at radius 2 is 1.75 bits per heavy atom. The first-order chi connectivity index (χ1) is 9.72. The number of aromatic nitrogens is 1. The highest BCUT2D eigenvalue weighted by molar-refractivity contribution is 6.30. The summed E-state index contributed by atoms with van der Waals surface area (Å²) in [5.41, 5.74) is 4.39. The zero-order chi connectivity index (χ0) is 13.9. The van der Waals surface area contributed by atoms with Gasteiger partial charge in [0.25, 0.3) is 0 Å². The fraction of sp³-hybridized carbons (Fsp3) is 0. The molecule has 3 rings (SSSR count). The number of anilines is 1. The van der Waals surface area contributed by atoms with Crippen LogP contribution < -0.4 is 10.7 Å². The van der Waals surface area contributed by atoms with Crippen molar-refractivity contribution in [3.8, 4) is 0 Å². The van der Waals surface area contributed by atoms with Gasteiger partial charge in [-0.2, -0.15) is 0 Å². The van der Waals surface area contributed by atoms with Gasteiger partial charge in [0.1, 0.15) is 0 Å². The molecule has 0 radical (unpaired) electrons. The van der Waals surface area contributed by atoms with Crippen molar-refractivity contribution in [3.05, 3.63) is 65.8 Å². The Morgan fingerprint density at radius 1 is 1.00 bits per heavy atom. The minimum Gasteiger partial charge on any atom is -0.307 e. The summed E-state index contributed by atoms with van der Waals surface area (Å²) in [6.07, 6.45) is 1.81. The van der Waals surface area contributed by atoms with Crippen LogP contribution in [0.1, 0.15) is 0 Å². The lowest BCUT2D eigenvalue weighted by atomic mass is 10.3. The number of halogens is 1. The molecule has 0 saturated heterocycles. The summed E-state index contributed by atoms with van der Waals surface area (Å²) in [4.78, 5) is 11.9. The summed E-state index contributed by atoms with van der Waals surface area (Å²) in [6, 6.07) is 16.4. The lowest BCUT2D eigenvalue weighted by Gasteiger charge is -2.09. The maximum Gasteiger partial charge on any atom is 0.338 e. The number of fused-ring (bicyclic) bond motifs is 1. The number of urea groups is 1. The van der Waals surface area contributed by atoms with Crippen LogP contribution in [0.25, 0.3) is 10.9 Å². The van der Waals surface area contributed by atoms with Crippen LogP contribution in [0.2, 0.25) is 5.02 Å². The molecule has 0 aliphatic rings. The van der Waals surface area contributed by atoms with Crippen molar-refractivity contribution < 1.29 is 4.79 Å². The van der Waals surface area contributed by atoms with E-state index in [2.05, 4.69) is 10.7 Å². The second-order valence-electron chi connectivity index (χ2n) is 4.32. The molecule has 0 unspecified atom stereocenters. The molecule has 1 aromatic heterocycles. The first-order valence-electron chi connectivity index (χ1n) is 6.12. The first kappa shape index (κ1) is 12.6. The summed E-state index contributed by atoms with van der Waals surface area (Å²) in [5, 5.41) is 4.44. The molecule has 20 heavy (non-hydrogen) atoms. The van der Waals surface area contributed by atoms with Crippen molar-refractivity contribution in [2.24, 2.45) is 0 Å². The highest BCUT2D eigenvalue weighted by Crippen LogP contribution is 2.15. The predicted molar refractivity (Wildman–Crippen MR) is 81.8 cm³/mol. The van der Waals surface area contributed by atoms with Crippen LogP contribution >= 0.6 is 11.6 Å². The monoisotopic (exact) mass is 285 g/mol. The van der Waals surface area contributed by atoms with Crippen molar-refractivity contribution in [1.29, 1.82) is 0 Å². The standard InChI is InChI=1S/C15H12ClN3O/c16-12-5-7-13(8-6-12)17-15(20)18-19-10-9-11-3-1-2-4-14(11)19/h1-10H,(H2,17,18,20). The Balaban J connectivity index is 1.74. The van der Waals surface area contributed by atoms with E-state index in [1.54, 1.807) is 28.9 Å². The van der Waals surface area contributed by atoms with Gasteiger partial charge in [-0.3, -0.25) is 4.68 Å². The molecule has 0 aliphatic carbocycles. The van der Waals surface area contributed by atoms with Gasteiger partial charge in [0.15, 0.2) is 0 Å². The number of amides is 2. The van der Waals surface area contributed by atoms with E-state index < -0.39 is 0 Å². The molecule has 2 N–H and O–H groups in total. The molecule has 0 saturated carbocycles. The Morgan fingerprint density at radius 3 is 2.55 bits per heavy atom. The van der Waals surface area contributed by atoms with Gasteiger partial charge >= 0.3 is 6.03 Å². The number of nitrogens with one attached hydrogen (secondary N) is 2. The molecular formula is C15H12ClN3O. The molecule has 2 amide bonds. The van der Waals surface area contributed by atoms with Crippen LogP contribution in [0.3, 0.4) is 0 Å². The van der Waals surface area contributed by atoms with E-state index in [0.29, 0.717) is 10.7 Å². The molecule has 0 spiro atoms. The van der Waals surface area contributed by atoms with Gasteiger partial charge in [-0.25, -0.2) is 10.2 Å². The van der Waals surface area contributed by atoms with Crippen LogP contribution in [0.5, 0.6) is 0 Å². The molecule has 3 aromatic rings. The molecule has 1 heterocycles. The predicted octanol–water partition coefficient (Wildman–Crippen LogP) is 4.07. The Bertz CT molecular complexity index is 749. The number of nitrogens with zero attached hydrogens (tertiary/aromatic N) is 1. The molecule has 0 fully saturated rings. The summed E-state index contributed by atoms with van der Waals surface area (Å²) in [6.45, 7) is 0. The zero-order valence-electron chi connectivity index (χ0n) is 10.5. The van der Waals surface area contributed by atoms with Gasteiger partial charge in [-0.1, -0.05) is 29.8 Å². The summed E-state index contributed by atoms with van der Waals surface area (Å²) < 4.78 is 1.68. The molecule has 0 atom stereocenters. The molecule has 100 valence electrons. The van der Waals surface area contributed by atoms with E-state index in [1.165, 1.54) is 0 Å². The molecule has 4 nitrogen and oxygen atoms in total. The second-order valence-corrected chi connectivity index (χ2v) is 4.75. The van der Waals surface area contributed by atoms with E-state index in [0.717, 1.165) is 10.9 Å². The van der Waals surface area contributed by atoms with Gasteiger partial charge < -0.3 is 5.32 Å². The number of carbonyl (C=O) groups excluding carboxylic acids is 1. The second kappa shape index (κ2) is 5.27. The third-order valence-corrected chi connectivity index (χ3v) is 3.18. The van der Waals surface area contributed by atoms with Crippen LogP contribution in [0.4, 0.5) is 10.5 Å². The molecule has 2 aromatic carbocycles. The van der Waals surface area contributed by atoms with Gasteiger partial charge in [-0.15, -0.1) is 0 Å². The lowest BCUT2D eigenvalue weighted by Crippen LogP contribution is -2.26. The van der Waals surface area contributed by atoms with Crippen LogP contribution in [0.15, 0.2) is 60.8 Å². The van der Waals surface area contributed by atoms with Gasteiger partial charge in [0.2, 0.25) is 0 Å². The number of rotatable bonds is 2.